The molecule has 0 fully saturated rings. The summed E-state index contributed by atoms with van der Waals surface area (Å²) in [6, 6.07) is 9.80. The number of furan rings is 1. The van der Waals surface area contributed by atoms with E-state index in [2.05, 4.69) is 10.1 Å². The lowest BCUT2D eigenvalue weighted by atomic mass is 10.1. The summed E-state index contributed by atoms with van der Waals surface area (Å²) in [6.07, 6.45) is 1.57. The molecule has 7 nitrogen and oxygen atoms in total. The summed E-state index contributed by atoms with van der Waals surface area (Å²) < 4.78 is 9.69. The number of nitrogens with one attached hydrogen (secondary N) is 1. The Labute approximate surface area is 158 Å². The Morgan fingerprint density at radius 1 is 1.15 bits per heavy atom. The fourth-order valence-corrected chi connectivity index (χ4v) is 2.52. The lowest BCUT2D eigenvalue weighted by Crippen LogP contribution is -2.36. The van der Waals surface area contributed by atoms with E-state index in [1.54, 1.807) is 41.3 Å². The van der Waals surface area contributed by atoms with Gasteiger partial charge in [-0.2, -0.15) is 0 Å². The molecule has 27 heavy (non-hydrogen) atoms. The highest BCUT2D eigenvalue weighted by atomic mass is 16.5. The Bertz CT molecular complexity index is 766. The van der Waals surface area contributed by atoms with Crippen LogP contribution in [0.3, 0.4) is 0 Å². The third-order valence-electron chi connectivity index (χ3n) is 3.82. The summed E-state index contributed by atoms with van der Waals surface area (Å²) in [5, 5.41) is 2.70. The van der Waals surface area contributed by atoms with Crippen LogP contribution < -0.4 is 5.32 Å². The van der Waals surface area contributed by atoms with Crippen molar-refractivity contribution >= 4 is 23.5 Å². The van der Waals surface area contributed by atoms with Gasteiger partial charge in [-0.25, -0.2) is 0 Å². The topological polar surface area (TPSA) is 88.9 Å². The molecule has 144 valence electrons. The molecule has 0 saturated heterocycles. The van der Waals surface area contributed by atoms with E-state index in [1.807, 2.05) is 13.8 Å². The molecule has 0 spiro atoms. The normalized spacial score (nSPS) is 10.5. The summed E-state index contributed by atoms with van der Waals surface area (Å²) in [7, 11) is 1.33. The molecule has 2 aromatic rings. The van der Waals surface area contributed by atoms with Gasteiger partial charge in [0.05, 0.1) is 19.8 Å². The van der Waals surface area contributed by atoms with Crippen molar-refractivity contribution in [2.45, 2.75) is 20.3 Å². The summed E-state index contributed by atoms with van der Waals surface area (Å²) >= 11 is 0. The smallest absolute Gasteiger partial charge is 0.307 e. The van der Waals surface area contributed by atoms with Gasteiger partial charge < -0.3 is 19.4 Å². The molecule has 1 aromatic heterocycles. The second-order valence-corrected chi connectivity index (χ2v) is 6.48. The molecular formula is C20H24N2O5. The molecule has 0 aliphatic heterocycles. The van der Waals surface area contributed by atoms with E-state index in [0.717, 1.165) is 0 Å². The number of carbonyl (C=O) groups excluding carboxylic acids is 3. The molecule has 0 saturated carbocycles. The minimum Gasteiger partial charge on any atom is -0.469 e. The van der Waals surface area contributed by atoms with Gasteiger partial charge in [0.15, 0.2) is 5.76 Å². The zero-order valence-corrected chi connectivity index (χ0v) is 15.7. The number of anilines is 1. The Kier molecular flexibility index (Phi) is 7.16. The van der Waals surface area contributed by atoms with Crippen molar-refractivity contribution in [2.75, 3.05) is 25.5 Å². The molecule has 0 bridgehead atoms. The first kappa shape index (κ1) is 20.2. The summed E-state index contributed by atoms with van der Waals surface area (Å²) in [5.41, 5.74) is 1.04. The predicted molar refractivity (Wildman–Crippen MR) is 100 cm³/mol. The molecule has 7 heteroatoms. The molecule has 0 atom stereocenters. The maximum absolute atomic E-state index is 12.8. The van der Waals surface area contributed by atoms with Gasteiger partial charge in [0.25, 0.3) is 11.8 Å². The van der Waals surface area contributed by atoms with E-state index in [4.69, 9.17) is 4.42 Å². The minimum atomic E-state index is -0.362. The standard InChI is InChI=1S/C20H24N2O5/c1-14(2)13-22(11-10-18(23)26-3)20(25)15-6-8-16(9-7-15)21-19(24)17-5-4-12-27-17/h4-9,12,14H,10-11,13H2,1-3H3,(H,21,24). The monoisotopic (exact) mass is 372 g/mol. The van der Waals surface area contributed by atoms with Crippen LogP contribution in [0, 0.1) is 5.92 Å². The largest absolute Gasteiger partial charge is 0.469 e. The summed E-state index contributed by atoms with van der Waals surface area (Å²) in [5.74, 6) is -0.415. The number of rotatable bonds is 8. The molecule has 2 rings (SSSR count). The molecule has 0 aliphatic carbocycles. The van der Waals surface area contributed by atoms with Crippen molar-refractivity contribution in [3.63, 3.8) is 0 Å². The van der Waals surface area contributed by atoms with Crippen LogP contribution in [-0.4, -0.2) is 42.9 Å². The SMILES string of the molecule is COC(=O)CCN(CC(C)C)C(=O)c1ccc(NC(=O)c2ccco2)cc1. The van der Waals surface area contributed by atoms with E-state index < -0.39 is 0 Å². The quantitative estimate of drug-likeness (QED) is 0.719. The van der Waals surface area contributed by atoms with Crippen molar-refractivity contribution in [1.29, 1.82) is 0 Å². The van der Waals surface area contributed by atoms with Gasteiger partial charge >= 0.3 is 5.97 Å². The van der Waals surface area contributed by atoms with Crippen LogP contribution in [-0.2, 0) is 9.53 Å². The third-order valence-corrected chi connectivity index (χ3v) is 3.82. The van der Waals surface area contributed by atoms with Crippen molar-refractivity contribution in [1.82, 2.24) is 4.90 Å². The van der Waals surface area contributed by atoms with Gasteiger partial charge in [0.1, 0.15) is 0 Å². The lowest BCUT2D eigenvalue weighted by molar-refractivity contribution is -0.140. The van der Waals surface area contributed by atoms with E-state index in [9.17, 15) is 14.4 Å². The highest BCUT2D eigenvalue weighted by Crippen LogP contribution is 2.14. The number of methoxy groups -OCH3 is 1. The fraction of sp³-hybridized carbons (Fsp3) is 0.350. The number of carbonyl (C=O) groups is 3. The molecule has 0 aliphatic rings. The molecule has 1 heterocycles. The molecule has 0 unspecified atom stereocenters. The Balaban J connectivity index is 2.04. The number of amides is 2. The van der Waals surface area contributed by atoms with Gasteiger partial charge in [-0.1, -0.05) is 13.8 Å². The zero-order chi connectivity index (χ0) is 19.8. The van der Waals surface area contributed by atoms with Gasteiger partial charge in [-0.3, -0.25) is 14.4 Å². The van der Waals surface area contributed by atoms with Crippen LogP contribution >= 0.6 is 0 Å². The first-order valence-corrected chi connectivity index (χ1v) is 8.71. The van der Waals surface area contributed by atoms with Crippen LogP contribution in [0.2, 0.25) is 0 Å². The van der Waals surface area contributed by atoms with E-state index >= 15 is 0 Å². The summed E-state index contributed by atoms with van der Waals surface area (Å²) in [4.78, 5) is 37.8. The van der Waals surface area contributed by atoms with Gasteiger partial charge in [0.2, 0.25) is 0 Å². The van der Waals surface area contributed by atoms with Gasteiger partial charge in [-0.15, -0.1) is 0 Å². The van der Waals surface area contributed by atoms with Crippen LogP contribution in [0.1, 0.15) is 41.2 Å². The molecule has 1 N–H and O–H groups in total. The van der Waals surface area contributed by atoms with E-state index in [1.165, 1.54) is 13.4 Å². The number of hydrogen-bond acceptors (Lipinski definition) is 5. The summed E-state index contributed by atoms with van der Waals surface area (Å²) in [6.45, 7) is 4.84. The highest BCUT2D eigenvalue weighted by molar-refractivity contribution is 6.02. The number of benzene rings is 1. The van der Waals surface area contributed by atoms with Gasteiger partial charge in [0, 0.05) is 24.3 Å². The van der Waals surface area contributed by atoms with Crippen LogP contribution in [0.25, 0.3) is 0 Å². The minimum absolute atomic E-state index is 0.145. The number of esters is 1. The van der Waals surface area contributed by atoms with Crippen molar-refractivity contribution in [3.05, 3.63) is 54.0 Å². The molecular weight excluding hydrogens is 348 g/mol. The number of ether oxygens (including phenoxy) is 1. The second kappa shape index (κ2) is 9.56. The maximum Gasteiger partial charge on any atom is 0.307 e. The Morgan fingerprint density at radius 2 is 1.85 bits per heavy atom. The first-order valence-electron chi connectivity index (χ1n) is 8.71. The fourth-order valence-electron chi connectivity index (χ4n) is 2.52. The van der Waals surface area contributed by atoms with Crippen LogP contribution in [0.15, 0.2) is 47.1 Å². The van der Waals surface area contributed by atoms with Crippen LogP contribution in [0.4, 0.5) is 5.69 Å². The average Bonchev–Trinajstić information content (AvgIpc) is 3.19. The second-order valence-electron chi connectivity index (χ2n) is 6.48. The van der Waals surface area contributed by atoms with Crippen LogP contribution in [0.5, 0.6) is 0 Å². The molecule has 2 amide bonds. The lowest BCUT2D eigenvalue weighted by Gasteiger charge is -2.24. The first-order chi connectivity index (χ1) is 12.9. The maximum atomic E-state index is 12.8. The van der Waals surface area contributed by atoms with Crippen molar-refractivity contribution in [3.8, 4) is 0 Å². The van der Waals surface area contributed by atoms with E-state index in [-0.39, 0.29) is 35.9 Å². The van der Waals surface area contributed by atoms with Crippen molar-refractivity contribution < 1.29 is 23.5 Å². The third kappa shape index (κ3) is 5.99. The Hall–Kier alpha value is -3.09. The molecule has 1 aromatic carbocycles. The zero-order valence-electron chi connectivity index (χ0n) is 15.7. The highest BCUT2D eigenvalue weighted by Gasteiger charge is 2.18. The van der Waals surface area contributed by atoms with E-state index in [0.29, 0.717) is 24.3 Å². The predicted octanol–water partition coefficient (Wildman–Crippen LogP) is 3.19. The number of hydrogen-bond donors (Lipinski definition) is 1. The van der Waals surface area contributed by atoms with Gasteiger partial charge in [-0.05, 0) is 42.3 Å². The average molecular weight is 372 g/mol. The number of nitrogens with zero attached hydrogens (tertiary/aromatic N) is 1. The van der Waals surface area contributed by atoms with Crippen molar-refractivity contribution in [2.24, 2.45) is 5.92 Å². The molecule has 0 radical (unpaired) electrons. The Morgan fingerprint density at radius 3 is 2.41 bits per heavy atom.